The molecule has 98 valence electrons. The van der Waals surface area contributed by atoms with Crippen LogP contribution in [0, 0.1) is 5.92 Å². The van der Waals surface area contributed by atoms with Crippen LogP contribution in [0.5, 0.6) is 0 Å². The Bertz CT molecular complexity index is 268. The Balaban J connectivity index is 1.89. The molecule has 4 atom stereocenters. The van der Waals surface area contributed by atoms with Crippen molar-refractivity contribution in [1.82, 2.24) is 4.90 Å². The third-order valence-corrected chi connectivity index (χ3v) is 4.03. The number of hydrogen-bond acceptors (Lipinski definition) is 4. The molecule has 2 fully saturated rings. The number of esters is 1. The van der Waals surface area contributed by atoms with Crippen LogP contribution in [0.3, 0.4) is 0 Å². The van der Waals surface area contributed by atoms with Gasteiger partial charge in [0.05, 0.1) is 18.6 Å². The summed E-state index contributed by atoms with van der Waals surface area (Å²) in [6.07, 6.45) is 3.92. The van der Waals surface area contributed by atoms with E-state index in [9.17, 15) is 9.90 Å². The summed E-state index contributed by atoms with van der Waals surface area (Å²) >= 11 is 0. The van der Waals surface area contributed by atoms with Gasteiger partial charge in [-0.15, -0.1) is 0 Å². The summed E-state index contributed by atoms with van der Waals surface area (Å²) in [5, 5.41) is 9.72. The summed E-state index contributed by atoms with van der Waals surface area (Å²) in [5.74, 6) is -0.161. The molecule has 4 nitrogen and oxygen atoms in total. The number of ether oxygens (including phenoxy) is 1. The van der Waals surface area contributed by atoms with Crippen molar-refractivity contribution >= 4 is 5.97 Å². The van der Waals surface area contributed by atoms with Crippen molar-refractivity contribution < 1.29 is 14.6 Å². The number of nitrogens with zero attached hydrogens (tertiary/aromatic N) is 1. The average molecular weight is 241 g/mol. The number of carbonyl (C=O) groups excluding carboxylic acids is 1. The van der Waals surface area contributed by atoms with Gasteiger partial charge in [-0.1, -0.05) is 6.92 Å². The van der Waals surface area contributed by atoms with Crippen LogP contribution >= 0.6 is 0 Å². The Hall–Kier alpha value is -0.610. The smallest absolute Gasteiger partial charge is 0.309 e. The van der Waals surface area contributed by atoms with Crippen molar-refractivity contribution in [3.05, 3.63) is 0 Å². The fraction of sp³-hybridized carbons (Fsp3) is 0.923. The molecular formula is C13H23NO3. The van der Waals surface area contributed by atoms with Gasteiger partial charge in [-0.3, -0.25) is 9.69 Å². The van der Waals surface area contributed by atoms with E-state index in [1.54, 1.807) is 0 Å². The number of hydrogen-bond donors (Lipinski definition) is 1. The lowest BCUT2D eigenvalue weighted by Gasteiger charge is -2.38. The highest BCUT2D eigenvalue weighted by molar-refractivity contribution is 5.72. The van der Waals surface area contributed by atoms with Crippen LogP contribution in [0.15, 0.2) is 0 Å². The zero-order valence-corrected chi connectivity index (χ0v) is 10.8. The van der Waals surface area contributed by atoms with Gasteiger partial charge in [0.15, 0.2) is 0 Å². The highest BCUT2D eigenvalue weighted by Crippen LogP contribution is 2.36. The molecule has 2 saturated heterocycles. The summed E-state index contributed by atoms with van der Waals surface area (Å²) in [7, 11) is 0. The SMILES string of the molecule is CCOC(=O)[C@@H](C)CN1[C@@H]2CC[C@H]1CC(O)C2. The van der Waals surface area contributed by atoms with E-state index in [1.807, 2.05) is 13.8 Å². The summed E-state index contributed by atoms with van der Waals surface area (Å²) in [6.45, 7) is 5.00. The van der Waals surface area contributed by atoms with E-state index >= 15 is 0 Å². The molecule has 2 bridgehead atoms. The summed E-state index contributed by atoms with van der Waals surface area (Å²) in [5.41, 5.74) is 0. The van der Waals surface area contributed by atoms with Crippen LogP contribution in [-0.4, -0.2) is 47.3 Å². The van der Waals surface area contributed by atoms with E-state index in [4.69, 9.17) is 4.74 Å². The van der Waals surface area contributed by atoms with Crippen LogP contribution < -0.4 is 0 Å². The topological polar surface area (TPSA) is 49.8 Å². The standard InChI is InChI=1S/C13H23NO3/c1-3-17-13(16)9(2)8-14-10-4-5-11(14)7-12(15)6-10/h9-12,15H,3-8H2,1-2H3/t9-,10-,11+,12?/m0/s1. The monoisotopic (exact) mass is 241 g/mol. The zero-order chi connectivity index (χ0) is 12.4. The first-order valence-corrected chi connectivity index (χ1v) is 6.72. The second kappa shape index (κ2) is 5.36. The molecule has 0 saturated carbocycles. The van der Waals surface area contributed by atoms with Crippen LogP contribution in [0.25, 0.3) is 0 Å². The number of rotatable bonds is 4. The molecule has 0 amide bonds. The highest BCUT2D eigenvalue weighted by Gasteiger charge is 2.41. The Morgan fingerprint density at radius 3 is 2.53 bits per heavy atom. The quantitative estimate of drug-likeness (QED) is 0.751. The molecule has 0 spiro atoms. The Kier molecular flexibility index (Phi) is 4.05. The van der Waals surface area contributed by atoms with E-state index in [2.05, 4.69) is 4.90 Å². The second-order valence-corrected chi connectivity index (χ2v) is 5.36. The van der Waals surface area contributed by atoms with Gasteiger partial charge < -0.3 is 9.84 Å². The molecule has 0 radical (unpaired) electrons. The molecule has 2 aliphatic rings. The fourth-order valence-corrected chi connectivity index (χ4v) is 3.22. The average Bonchev–Trinajstić information content (AvgIpc) is 2.52. The van der Waals surface area contributed by atoms with E-state index < -0.39 is 0 Å². The fourth-order valence-electron chi connectivity index (χ4n) is 3.22. The third kappa shape index (κ3) is 2.80. The Morgan fingerprint density at radius 2 is 2.00 bits per heavy atom. The van der Waals surface area contributed by atoms with E-state index in [0.29, 0.717) is 18.7 Å². The lowest BCUT2D eigenvalue weighted by atomic mass is 9.98. The molecular weight excluding hydrogens is 218 g/mol. The minimum Gasteiger partial charge on any atom is -0.466 e. The molecule has 17 heavy (non-hydrogen) atoms. The maximum atomic E-state index is 11.6. The Morgan fingerprint density at radius 1 is 1.41 bits per heavy atom. The highest BCUT2D eigenvalue weighted by atomic mass is 16.5. The molecule has 1 unspecified atom stereocenters. The first-order valence-electron chi connectivity index (χ1n) is 6.72. The summed E-state index contributed by atoms with van der Waals surface area (Å²) < 4.78 is 5.04. The predicted molar refractivity (Wildman–Crippen MR) is 64.6 cm³/mol. The van der Waals surface area contributed by atoms with Crippen LogP contribution in [0.1, 0.15) is 39.5 Å². The molecule has 2 aliphatic heterocycles. The van der Waals surface area contributed by atoms with E-state index in [-0.39, 0.29) is 18.0 Å². The van der Waals surface area contributed by atoms with Gasteiger partial charge in [-0.25, -0.2) is 0 Å². The van der Waals surface area contributed by atoms with E-state index in [0.717, 1.165) is 32.2 Å². The maximum absolute atomic E-state index is 11.6. The molecule has 0 aromatic carbocycles. The van der Waals surface area contributed by atoms with Gasteiger partial charge in [0.25, 0.3) is 0 Å². The van der Waals surface area contributed by atoms with Gasteiger partial charge in [-0.05, 0) is 32.6 Å². The van der Waals surface area contributed by atoms with Gasteiger partial charge >= 0.3 is 5.97 Å². The lowest BCUT2D eigenvalue weighted by Crippen LogP contribution is -2.47. The second-order valence-electron chi connectivity index (χ2n) is 5.36. The summed E-state index contributed by atoms with van der Waals surface area (Å²) in [6, 6.07) is 0.946. The van der Waals surface area contributed by atoms with Crippen LogP contribution in [0.4, 0.5) is 0 Å². The van der Waals surface area contributed by atoms with Crippen molar-refractivity contribution in [3.8, 4) is 0 Å². The molecule has 1 N–H and O–H groups in total. The minimum absolute atomic E-state index is 0.0618. The van der Waals surface area contributed by atoms with Crippen molar-refractivity contribution in [2.24, 2.45) is 5.92 Å². The number of aliphatic hydroxyl groups is 1. The van der Waals surface area contributed by atoms with Gasteiger partial charge in [-0.2, -0.15) is 0 Å². The van der Waals surface area contributed by atoms with Crippen LogP contribution in [-0.2, 0) is 9.53 Å². The minimum atomic E-state index is -0.137. The predicted octanol–water partition coefficient (Wildman–Crippen LogP) is 1.17. The van der Waals surface area contributed by atoms with Crippen LogP contribution in [0.2, 0.25) is 0 Å². The number of carbonyl (C=O) groups is 1. The van der Waals surface area contributed by atoms with Gasteiger partial charge in [0.2, 0.25) is 0 Å². The number of fused-ring (bicyclic) bond motifs is 2. The molecule has 2 heterocycles. The Labute approximate surface area is 103 Å². The molecule has 0 aromatic heterocycles. The molecule has 0 aromatic rings. The first-order chi connectivity index (χ1) is 8.11. The van der Waals surface area contributed by atoms with Gasteiger partial charge in [0, 0.05) is 18.6 Å². The molecule has 4 heteroatoms. The molecule has 2 rings (SSSR count). The molecule has 0 aliphatic carbocycles. The van der Waals surface area contributed by atoms with Crippen molar-refractivity contribution in [2.45, 2.75) is 57.7 Å². The van der Waals surface area contributed by atoms with Crippen molar-refractivity contribution in [2.75, 3.05) is 13.2 Å². The maximum Gasteiger partial charge on any atom is 0.309 e. The van der Waals surface area contributed by atoms with Crippen molar-refractivity contribution in [1.29, 1.82) is 0 Å². The van der Waals surface area contributed by atoms with Crippen molar-refractivity contribution in [3.63, 3.8) is 0 Å². The lowest BCUT2D eigenvalue weighted by molar-refractivity contribution is -0.148. The van der Waals surface area contributed by atoms with Gasteiger partial charge in [0.1, 0.15) is 0 Å². The normalized spacial score (nSPS) is 34.6. The number of aliphatic hydroxyl groups excluding tert-OH is 1. The zero-order valence-electron chi connectivity index (χ0n) is 10.8. The first kappa shape index (κ1) is 12.8. The van der Waals surface area contributed by atoms with E-state index in [1.165, 1.54) is 0 Å². The number of piperidine rings is 1. The largest absolute Gasteiger partial charge is 0.466 e. The third-order valence-electron chi connectivity index (χ3n) is 4.03. The summed E-state index contributed by atoms with van der Waals surface area (Å²) in [4.78, 5) is 14.0.